The Balaban J connectivity index is 1.78. The average Bonchev–Trinajstić information content (AvgIpc) is 2.77. The van der Waals surface area contributed by atoms with Crippen LogP contribution in [0.3, 0.4) is 0 Å². The molecule has 2 saturated heterocycles. The van der Waals surface area contributed by atoms with Gasteiger partial charge in [0.15, 0.2) is 0 Å². The van der Waals surface area contributed by atoms with Gasteiger partial charge in [-0.15, -0.1) is 0 Å². The summed E-state index contributed by atoms with van der Waals surface area (Å²) >= 11 is 0. The molecule has 0 amide bonds. The fourth-order valence-electron chi connectivity index (χ4n) is 3.36. The minimum absolute atomic E-state index is 0.0271. The van der Waals surface area contributed by atoms with Gasteiger partial charge in [0.2, 0.25) is 0 Å². The summed E-state index contributed by atoms with van der Waals surface area (Å²) in [5.41, 5.74) is 1.57. The Kier molecular flexibility index (Phi) is 4.64. The highest BCUT2D eigenvalue weighted by Crippen LogP contribution is 2.45. The number of hydrogen-bond donors (Lipinski definition) is 0. The third kappa shape index (κ3) is 3.31. The maximum Gasteiger partial charge on any atom is 0.328 e. The molecule has 3 rings (SSSR count). The van der Waals surface area contributed by atoms with Crippen LogP contribution in [-0.4, -0.2) is 31.8 Å². The lowest BCUT2D eigenvalue weighted by Gasteiger charge is -2.34. The lowest BCUT2D eigenvalue weighted by atomic mass is 9.54. The van der Waals surface area contributed by atoms with Gasteiger partial charge in [-0.1, -0.05) is 19.9 Å². The van der Waals surface area contributed by atoms with Crippen molar-refractivity contribution < 1.29 is 14.1 Å². The number of benzene rings is 1. The molecule has 0 spiro atoms. The summed E-state index contributed by atoms with van der Waals surface area (Å²) in [6.07, 6.45) is 2.84. The molecular formula is C19H26BNO3. The minimum atomic E-state index is -0.179. The lowest BCUT2D eigenvalue weighted by molar-refractivity contribution is 0.0254. The van der Waals surface area contributed by atoms with E-state index in [1.807, 2.05) is 18.2 Å². The van der Waals surface area contributed by atoms with Crippen molar-refractivity contribution in [1.29, 1.82) is 5.26 Å². The van der Waals surface area contributed by atoms with Crippen molar-refractivity contribution in [3.8, 4) is 11.8 Å². The van der Waals surface area contributed by atoms with E-state index < -0.39 is 0 Å². The molecular weight excluding hydrogens is 301 g/mol. The second-order valence-corrected chi connectivity index (χ2v) is 8.00. The number of rotatable bonds is 3. The maximum atomic E-state index is 9.53. The Morgan fingerprint density at radius 1 is 1.21 bits per heavy atom. The quantitative estimate of drug-likeness (QED) is 0.800. The highest BCUT2D eigenvalue weighted by atomic mass is 16.5. The first-order chi connectivity index (χ1) is 11.3. The van der Waals surface area contributed by atoms with Gasteiger partial charge in [0.1, 0.15) is 17.9 Å². The Labute approximate surface area is 145 Å². The summed E-state index contributed by atoms with van der Waals surface area (Å²) in [5.74, 6) is 0.671. The summed E-state index contributed by atoms with van der Waals surface area (Å²) < 4.78 is 17.7. The van der Waals surface area contributed by atoms with Crippen LogP contribution < -0.4 is 10.2 Å². The average molecular weight is 327 g/mol. The molecule has 0 bridgehead atoms. The van der Waals surface area contributed by atoms with Gasteiger partial charge in [-0.3, -0.25) is 0 Å². The van der Waals surface area contributed by atoms with E-state index in [0.29, 0.717) is 11.3 Å². The Morgan fingerprint density at radius 3 is 2.50 bits per heavy atom. The van der Waals surface area contributed by atoms with Crippen LogP contribution in [0.1, 0.15) is 46.1 Å². The second-order valence-electron chi connectivity index (χ2n) is 8.00. The van der Waals surface area contributed by atoms with E-state index >= 15 is 0 Å². The van der Waals surface area contributed by atoms with E-state index in [0.717, 1.165) is 37.8 Å². The number of ether oxygens (including phenoxy) is 2. The van der Waals surface area contributed by atoms with Crippen molar-refractivity contribution in [2.45, 2.75) is 58.6 Å². The minimum Gasteiger partial charge on any atom is -0.489 e. The van der Waals surface area contributed by atoms with Crippen molar-refractivity contribution in [3.63, 3.8) is 0 Å². The molecule has 0 aliphatic carbocycles. The molecule has 1 aromatic rings. The van der Waals surface area contributed by atoms with Gasteiger partial charge in [0, 0.05) is 12.8 Å². The molecule has 24 heavy (non-hydrogen) atoms. The van der Waals surface area contributed by atoms with Crippen LogP contribution in [0.25, 0.3) is 0 Å². The van der Waals surface area contributed by atoms with Gasteiger partial charge in [0.05, 0.1) is 24.4 Å². The molecule has 0 saturated carbocycles. The third-order valence-electron chi connectivity index (χ3n) is 5.72. The zero-order valence-corrected chi connectivity index (χ0v) is 15.1. The van der Waals surface area contributed by atoms with Crippen molar-refractivity contribution >= 4 is 12.4 Å². The van der Waals surface area contributed by atoms with E-state index in [-0.39, 0.29) is 24.0 Å². The molecule has 1 aromatic carbocycles. The largest absolute Gasteiger partial charge is 0.489 e. The molecule has 0 atom stereocenters. The van der Waals surface area contributed by atoms with Gasteiger partial charge in [-0.2, -0.15) is 5.26 Å². The van der Waals surface area contributed by atoms with Crippen LogP contribution >= 0.6 is 0 Å². The molecule has 0 N–H and O–H groups in total. The molecule has 5 heteroatoms. The van der Waals surface area contributed by atoms with Gasteiger partial charge in [0.25, 0.3) is 0 Å². The van der Waals surface area contributed by atoms with Crippen LogP contribution in [0.5, 0.6) is 5.75 Å². The summed E-state index contributed by atoms with van der Waals surface area (Å²) in [7, 11) is 0. The summed E-state index contributed by atoms with van der Waals surface area (Å²) in [5, 5.41) is 9.53. The molecule has 128 valence electrons. The Morgan fingerprint density at radius 2 is 1.92 bits per heavy atom. The summed E-state index contributed by atoms with van der Waals surface area (Å²) in [6, 6.07) is 8.17. The first-order valence-electron chi connectivity index (χ1n) is 8.79. The topological polar surface area (TPSA) is 51.5 Å². The first kappa shape index (κ1) is 17.3. The van der Waals surface area contributed by atoms with E-state index in [9.17, 15) is 5.26 Å². The third-order valence-corrected chi connectivity index (χ3v) is 5.72. The van der Waals surface area contributed by atoms with Gasteiger partial charge in [-0.05, 0) is 43.2 Å². The highest BCUT2D eigenvalue weighted by molar-refractivity contribution is 6.68. The predicted molar refractivity (Wildman–Crippen MR) is 94.8 cm³/mol. The highest BCUT2D eigenvalue weighted by Gasteiger charge is 2.49. The molecule has 2 heterocycles. The maximum absolute atomic E-state index is 9.53. The number of hydrogen-bond acceptors (Lipinski definition) is 4. The van der Waals surface area contributed by atoms with Gasteiger partial charge < -0.3 is 14.1 Å². The van der Waals surface area contributed by atoms with Crippen molar-refractivity contribution in [2.24, 2.45) is 5.41 Å². The van der Waals surface area contributed by atoms with Crippen molar-refractivity contribution in [3.05, 3.63) is 23.8 Å². The molecule has 0 radical (unpaired) electrons. The van der Waals surface area contributed by atoms with Gasteiger partial charge >= 0.3 is 6.92 Å². The van der Waals surface area contributed by atoms with Crippen LogP contribution in [-0.2, 0) is 9.39 Å². The van der Waals surface area contributed by atoms with E-state index in [4.69, 9.17) is 14.1 Å². The van der Waals surface area contributed by atoms with Crippen molar-refractivity contribution in [2.75, 3.05) is 13.2 Å². The van der Waals surface area contributed by atoms with Crippen LogP contribution in [0.2, 0.25) is 6.32 Å². The Bertz CT molecular complexity index is 629. The monoisotopic (exact) mass is 327 g/mol. The first-order valence-corrected chi connectivity index (χ1v) is 8.79. The van der Waals surface area contributed by atoms with Crippen molar-refractivity contribution in [1.82, 2.24) is 0 Å². The van der Waals surface area contributed by atoms with E-state index in [1.54, 1.807) is 0 Å². The van der Waals surface area contributed by atoms with E-state index in [2.05, 4.69) is 33.8 Å². The summed E-state index contributed by atoms with van der Waals surface area (Å²) in [4.78, 5) is 0. The molecule has 2 aliphatic heterocycles. The zero-order valence-electron chi connectivity index (χ0n) is 15.1. The standard InChI is InChI=1S/C19H26BNO3/c1-18(2)13-20(24-19(18,3)4)15-5-6-17(14(11-15)12-21)23-16-7-9-22-10-8-16/h5-6,11,16H,7-10,13H2,1-4H3. The van der Waals surface area contributed by atoms with Crippen LogP contribution in [0.4, 0.5) is 0 Å². The second kappa shape index (κ2) is 6.42. The fourth-order valence-corrected chi connectivity index (χ4v) is 3.36. The number of nitrogens with zero attached hydrogens (tertiary/aromatic N) is 1. The zero-order chi connectivity index (χ0) is 17.4. The predicted octanol–water partition coefficient (Wildman–Crippen LogP) is 3.15. The van der Waals surface area contributed by atoms with Crippen LogP contribution in [0, 0.1) is 16.7 Å². The molecule has 0 aromatic heterocycles. The molecule has 2 aliphatic rings. The summed E-state index contributed by atoms with van der Waals surface area (Å²) in [6.45, 7) is 10.2. The fraction of sp³-hybridized carbons (Fsp3) is 0.632. The molecule has 2 fully saturated rings. The smallest absolute Gasteiger partial charge is 0.328 e. The Hall–Kier alpha value is -1.51. The van der Waals surface area contributed by atoms with E-state index in [1.165, 1.54) is 0 Å². The normalized spacial score (nSPS) is 23.0. The number of nitriles is 1. The lowest BCUT2D eigenvalue weighted by Crippen LogP contribution is -2.36. The SMILES string of the molecule is CC1(C)CB(c2ccc(OC3CCOCC3)c(C#N)c2)OC1(C)C. The molecule has 4 nitrogen and oxygen atoms in total. The van der Waals surface area contributed by atoms with Crippen LogP contribution in [0.15, 0.2) is 18.2 Å². The van der Waals surface area contributed by atoms with Gasteiger partial charge in [-0.25, -0.2) is 0 Å². The molecule has 0 unspecified atom stereocenters.